The number of hydrogen-bond donors (Lipinski definition) is 3. The number of ether oxygens (including phenoxy) is 1. The molecule has 4 aliphatic rings. The van der Waals surface area contributed by atoms with Crippen LogP contribution in [0.5, 0.6) is 5.75 Å². The van der Waals surface area contributed by atoms with Crippen molar-refractivity contribution in [3.63, 3.8) is 0 Å². The minimum Gasteiger partial charge on any atom is -0.497 e. The largest absolute Gasteiger partial charge is 0.497 e. The van der Waals surface area contributed by atoms with E-state index in [1.54, 1.807) is 24.3 Å². The molecular weight excluding hydrogens is 528 g/mol. The minimum absolute atomic E-state index is 0.123. The van der Waals surface area contributed by atoms with Crippen LogP contribution in [0.4, 0.5) is 4.79 Å². The van der Waals surface area contributed by atoms with Crippen LogP contribution in [0.2, 0.25) is 0 Å². The number of benzene rings is 2. The first-order valence-electron chi connectivity index (χ1n) is 13.7. The molecule has 3 aromatic rings. The number of carbonyl (C=O) groups is 3. The highest BCUT2D eigenvalue weighted by Crippen LogP contribution is 2.35. The van der Waals surface area contributed by atoms with Gasteiger partial charge in [-0.3, -0.25) is 19.8 Å². The van der Waals surface area contributed by atoms with E-state index in [4.69, 9.17) is 9.15 Å². The van der Waals surface area contributed by atoms with Gasteiger partial charge in [0, 0.05) is 55.3 Å². The van der Waals surface area contributed by atoms with E-state index in [9.17, 15) is 19.6 Å². The number of fused-ring (bicyclic) bond motifs is 2. The first kappa shape index (κ1) is 25.4. The number of nitrogens with zero attached hydrogens (tertiary/aromatic N) is 4. The Hall–Kier alpha value is -4.58. The maximum absolute atomic E-state index is 13.3. The Bertz CT molecular complexity index is 1600. The first-order valence-corrected chi connectivity index (χ1v) is 13.7. The number of carbonyl (C=O) groups excluding carboxylic acids is 3. The Labute approximate surface area is 235 Å². The smallest absolute Gasteiger partial charge is 0.322 e. The third-order valence-corrected chi connectivity index (χ3v) is 8.53. The Morgan fingerprint density at radius 3 is 2.59 bits per heavy atom. The lowest BCUT2D eigenvalue weighted by molar-refractivity contribution is -0.125. The van der Waals surface area contributed by atoms with Crippen LogP contribution in [-0.2, 0) is 16.9 Å². The summed E-state index contributed by atoms with van der Waals surface area (Å²) in [5.41, 5.74) is 0.880. The average molecular weight is 559 g/mol. The van der Waals surface area contributed by atoms with Gasteiger partial charge in [0.15, 0.2) is 11.4 Å². The van der Waals surface area contributed by atoms with Crippen LogP contribution in [0.25, 0.3) is 11.0 Å². The van der Waals surface area contributed by atoms with E-state index in [-0.39, 0.29) is 24.8 Å². The Morgan fingerprint density at radius 1 is 1.10 bits per heavy atom. The van der Waals surface area contributed by atoms with Crippen molar-refractivity contribution in [3.8, 4) is 5.75 Å². The van der Waals surface area contributed by atoms with Gasteiger partial charge < -0.3 is 29.5 Å². The standard InChI is InChI=1S/C29H30N6O6/c1-40-21-6-2-18-15-35(26(36)22(18)14-21)16-29(27(37)30-28(38)31-29)24-13-19-12-17(3-7-23(19)41-24)25(32-39)34-10-8-33(9-11-34)20-4-5-20/h2-3,6-7,12-14,20,39H,4-5,8-11,15-16H2,1H3,(H2,30,31,37,38)/b32-25-/t29-/m0/s1. The summed E-state index contributed by atoms with van der Waals surface area (Å²) in [5.74, 6) is 0.368. The molecule has 0 radical (unpaired) electrons. The van der Waals surface area contributed by atoms with E-state index in [2.05, 4.69) is 25.6 Å². The second-order valence-electron chi connectivity index (χ2n) is 11.0. The number of methoxy groups -OCH3 is 1. The minimum atomic E-state index is -1.62. The quantitative estimate of drug-likeness (QED) is 0.137. The third-order valence-electron chi connectivity index (χ3n) is 8.53. The monoisotopic (exact) mass is 558 g/mol. The number of hydrogen-bond acceptors (Lipinski definition) is 8. The van der Waals surface area contributed by atoms with Crippen molar-refractivity contribution in [2.75, 3.05) is 39.8 Å². The molecule has 2 saturated heterocycles. The molecule has 2 aromatic carbocycles. The molecule has 12 heteroatoms. The van der Waals surface area contributed by atoms with Gasteiger partial charge in [0.05, 0.1) is 13.7 Å². The summed E-state index contributed by atoms with van der Waals surface area (Å²) in [7, 11) is 1.53. The van der Waals surface area contributed by atoms with Gasteiger partial charge in [-0.15, -0.1) is 0 Å². The summed E-state index contributed by atoms with van der Waals surface area (Å²) in [6, 6.07) is 12.4. The molecule has 7 rings (SSSR count). The summed E-state index contributed by atoms with van der Waals surface area (Å²) < 4.78 is 11.4. The number of imide groups is 1. The number of oxime groups is 1. The maximum Gasteiger partial charge on any atom is 0.322 e. The highest BCUT2D eigenvalue weighted by Gasteiger charge is 2.53. The van der Waals surface area contributed by atoms with Crippen molar-refractivity contribution in [1.29, 1.82) is 0 Å². The molecule has 3 N–H and O–H groups in total. The van der Waals surface area contributed by atoms with Crippen LogP contribution in [-0.4, -0.2) is 89.5 Å². The van der Waals surface area contributed by atoms with Crippen molar-refractivity contribution >= 4 is 34.7 Å². The molecular formula is C29H30N6O6. The molecule has 41 heavy (non-hydrogen) atoms. The predicted molar refractivity (Wildman–Crippen MR) is 147 cm³/mol. The van der Waals surface area contributed by atoms with Crippen LogP contribution < -0.4 is 15.4 Å². The lowest BCUT2D eigenvalue weighted by atomic mass is 9.95. The zero-order valence-corrected chi connectivity index (χ0v) is 22.6. The molecule has 4 heterocycles. The topological polar surface area (TPSA) is 140 Å². The van der Waals surface area contributed by atoms with E-state index in [1.165, 1.54) is 24.9 Å². The molecule has 212 valence electrons. The van der Waals surface area contributed by atoms with Crippen molar-refractivity contribution < 1.29 is 28.7 Å². The highest BCUT2D eigenvalue weighted by atomic mass is 16.5. The number of amidine groups is 1. The molecule has 0 unspecified atom stereocenters. The van der Waals surface area contributed by atoms with Crippen molar-refractivity contribution in [3.05, 3.63) is 64.9 Å². The molecule has 3 fully saturated rings. The second kappa shape index (κ2) is 9.51. The molecule has 0 spiro atoms. The second-order valence-corrected chi connectivity index (χ2v) is 11.0. The van der Waals surface area contributed by atoms with Crippen molar-refractivity contribution in [2.45, 2.75) is 31.0 Å². The predicted octanol–water partition coefficient (Wildman–Crippen LogP) is 2.05. The van der Waals surface area contributed by atoms with E-state index in [0.717, 1.165) is 31.7 Å². The average Bonchev–Trinajstić information content (AvgIpc) is 3.58. The van der Waals surface area contributed by atoms with Gasteiger partial charge in [-0.1, -0.05) is 11.2 Å². The van der Waals surface area contributed by atoms with E-state index < -0.39 is 17.5 Å². The van der Waals surface area contributed by atoms with E-state index >= 15 is 0 Å². The van der Waals surface area contributed by atoms with Gasteiger partial charge in [0.25, 0.3) is 11.8 Å². The Balaban J connectivity index is 1.18. The number of nitrogens with one attached hydrogen (secondary N) is 2. The molecule has 1 aromatic heterocycles. The van der Waals surface area contributed by atoms with Crippen molar-refractivity contribution in [2.24, 2.45) is 5.16 Å². The SMILES string of the molecule is COc1ccc2c(c1)C(=O)N(C[C@@]1(c3cc4cc(/C(=N/O)N5CCN(C6CC6)CC5)ccc4o3)NC(=O)NC1=O)C2. The van der Waals surface area contributed by atoms with E-state index in [0.29, 0.717) is 39.7 Å². The van der Waals surface area contributed by atoms with Gasteiger partial charge in [-0.05, 0) is 54.8 Å². The summed E-state index contributed by atoms with van der Waals surface area (Å²) in [6.45, 7) is 3.52. The molecule has 0 bridgehead atoms. The molecule has 1 atom stereocenters. The fraction of sp³-hybridized carbons (Fsp3) is 0.379. The Kier molecular flexibility index (Phi) is 5.89. The van der Waals surface area contributed by atoms with Crippen LogP contribution in [0, 0.1) is 0 Å². The fourth-order valence-electron chi connectivity index (χ4n) is 6.17. The summed E-state index contributed by atoms with van der Waals surface area (Å²) >= 11 is 0. The van der Waals surface area contributed by atoms with Crippen LogP contribution in [0.1, 0.15) is 40.1 Å². The van der Waals surface area contributed by atoms with Crippen LogP contribution >= 0.6 is 0 Å². The molecule has 1 saturated carbocycles. The van der Waals surface area contributed by atoms with Crippen LogP contribution in [0.15, 0.2) is 52.0 Å². The highest BCUT2D eigenvalue weighted by molar-refractivity contribution is 6.08. The lowest BCUT2D eigenvalue weighted by Crippen LogP contribution is -2.52. The molecule has 3 aliphatic heterocycles. The number of urea groups is 1. The molecule has 4 amide bonds. The third kappa shape index (κ3) is 4.26. The zero-order valence-electron chi connectivity index (χ0n) is 22.6. The number of amides is 4. The van der Waals surface area contributed by atoms with E-state index in [1.807, 2.05) is 18.2 Å². The fourth-order valence-corrected chi connectivity index (χ4v) is 6.17. The van der Waals surface area contributed by atoms with Gasteiger partial charge in [-0.2, -0.15) is 0 Å². The zero-order chi connectivity index (χ0) is 28.3. The number of rotatable bonds is 6. The first-order chi connectivity index (χ1) is 19.9. The Morgan fingerprint density at radius 2 is 1.90 bits per heavy atom. The molecule has 1 aliphatic carbocycles. The maximum atomic E-state index is 13.3. The van der Waals surface area contributed by atoms with Crippen molar-refractivity contribution in [1.82, 2.24) is 25.3 Å². The lowest BCUT2D eigenvalue weighted by Gasteiger charge is -2.36. The summed E-state index contributed by atoms with van der Waals surface area (Å²) in [6.07, 6.45) is 2.52. The van der Waals surface area contributed by atoms with Gasteiger partial charge >= 0.3 is 6.03 Å². The summed E-state index contributed by atoms with van der Waals surface area (Å²) in [5, 5.41) is 19.2. The van der Waals surface area contributed by atoms with Crippen LogP contribution in [0.3, 0.4) is 0 Å². The normalized spacial score (nSPS) is 23.2. The van der Waals surface area contributed by atoms with Gasteiger partial charge in [0.2, 0.25) is 0 Å². The van der Waals surface area contributed by atoms with Gasteiger partial charge in [-0.25, -0.2) is 4.79 Å². The van der Waals surface area contributed by atoms with Gasteiger partial charge in [0.1, 0.15) is 17.1 Å². The summed E-state index contributed by atoms with van der Waals surface area (Å²) in [4.78, 5) is 45.0. The molecule has 12 nitrogen and oxygen atoms in total. The number of piperazine rings is 1. The number of furan rings is 1.